The number of rotatable bonds is 3. The monoisotopic (exact) mass is 388 g/mol. The van der Waals surface area contributed by atoms with Gasteiger partial charge in [0.2, 0.25) is 0 Å². The Morgan fingerprint density at radius 2 is 1.81 bits per heavy atom. The summed E-state index contributed by atoms with van der Waals surface area (Å²) in [6.07, 6.45) is 2.28. The summed E-state index contributed by atoms with van der Waals surface area (Å²) >= 11 is 1.74. The van der Waals surface area contributed by atoms with E-state index < -0.39 is 0 Å². The molecule has 4 rings (SSSR count). The molecule has 3 nitrogen and oxygen atoms in total. The highest BCUT2D eigenvalue weighted by molar-refractivity contribution is 7.99. The van der Waals surface area contributed by atoms with E-state index in [1.807, 2.05) is 29.2 Å². The van der Waals surface area contributed by atoms with Crippen LogP contribution in [0.3, 0.4) is 0 Å². The molecule has 2 aromatic rings. The molecule has 0 bridgehead atoms. The van der Waals surface area contributed by atoms with E-state index in [2.05, 4.69) is 31.2 Å². The summed E-state index contributed by atoms with van der Waals surface area (Å²) in [6.45, 7) is 3.82. The van der Waals surface area contributed by atoms with E-state index in [1.165, 1.54) is 16.9 Å². The molecule has 0 aromatic heterocycles. The Balaban J connectivity index is 0.00000196. The van der Waals surface area contributed by atoms with Crippen molar-refractivity contribution in [3.05, 3.63) is 59.7 Å². The number of carbonyl (C=O) groups is 1. The van der Waals surface area contributed by atoms with Crippen LogP contribution < -0.4 is 5.73 Å². The highest BCUT2D eigenvalue weighted by Crippen LogP contribution is 2.37. The number of fused-ring (bicyclic) bond motifs is 1. The van der Waals surface area contributed by atoms with Gasteiger partial charge in [-0.2, -0.15) is 0 Å². The van der Waals surface area contributed by atoms with Crippen LogP contribution in [-0.4, -0.2) is 29.9 Å². The van der Waals surface area contributed by atoms with Crippen molar-refractivity contribution in [3.63, 3.8) is 0 Å². The molecule has 1 saturated carbocycles. The maximum Gasteiger partial charge on any atom is 0.253 e. The topological polar surface area (TPSA) is 46.3 Å². The molecule has 5 heteroatoms. The normalized spacial score (nSPS) is 24.2. The van der Waals surface area contributed by atoms with Gasteiger partial charge in [-0.25, -0.2) is 0 Å². The van der Waals surface area contributed by atoms with Gasteiger partial charge in [0.05, 0.1) is 0 Å². The van der Waals surface area contributed by atoms with E-state index in [9.17, 15) is 4.79 Å². The van der Waals surface area contributed by atoms with Crippen LogP contribution in [0, 0.1) is 18.8 Å². The Hall–Kier alpha value is -1.49. The third-order valence-electron chi connectivity index (χ3n) is 5.62. The molecule has 2 fully saturated rings. The molecule has 26 heavy (non-hydrogen) atoms. The first-order valence-electron chi connectivity index (χ1n) is 9.00. The molecule has 3 unspecified atom stereocenters. The largest absolute Gasteiger partial charge is 0.338 e. The number of likely N-dealkylation sites (tertiary alicyclic amines) is 1. The lowest BCUT2D eigenvalue weighted by Gasteiger charge is -2.19. The second-order valence-electron chi connectivity index (χ2n) is 7.27. The van der Waals surface area contributed by atoms with Crippen molar-refractivity contribution in [1.82, 2.24) is 4.90 Å². The minimum Gasteiger partial charge on any atom is -0.338 e. The molecule has 1 aliphatic carbocycles. The van der Waals surface area contributed by atoms with E-state index in [0.29, 0.717) is 11.8 Å². The first-order chi connectivity index (χ1) is 12.1. The Kier molecular flexibility index (Phi) is 5.96. The first kappa shape index (κ1) is 19.3. The summed E-state index contributed by atoms with van der Waals surface area (Å²) in [5, 5.41) is 0. The molecule has 138 valence electrons. The van der Waals surface area contributed by atoms with Crippen LogP contribution in [0.2, 0.25) is 0 Å². The fourth-order valence-electron chi connectivity index (χ4n) is 4.12. The van der Waals surface area contributed by atoms with Gasteiger partial charge in [0.1, 0.15) is 0 Å². The molecule has 2 N–H and O–H groups in total. The van der Waals surface area contributed by atoms with Gasteiger partial charge in [-0.05, 0) is 67.5 Å². The van der Waals surface area contributed by atoms with E-state index in [-0.39, 0.29) is 24.4 Å². The number of carbonyl (C=O) groups excluding carboxylic acids is 1. The molecule has 0 spiro atoms. The molecule has 1 saturated heterocycles. The number of hydrogen-bond acceptors (Lipinski definition) is 3. The van der Waals surface area contributed by atoms with Crippen molar-refractivity contribution in [3.8, 4) is 0 Å². The zero-order valence-electron chi connectivity index (χ0n) is 14.9. The summed E-state index contributed by atoms with van der Waals surface area (Å²) in [7, 11) is 0. The standard InChI is InChI=1S/C21H24N2OS.ClH/c1-14-4-2-3-5-20(14)25-17-9-6-15(7-10-17)21(24)23-12-16-8-11-19(22)18(16)13-23;/h2-7,9-10,16,18-19H,8,11-13,22H2,1H3;1H. The molecule has 1 heterocycles. The van der Waals surface area contributed by atoms with Crippen LogP contribution in [0.5, 0.6) is 0 Å². The molecule has 1 aliphatic heterocycles. The lowest BCUT2D eigenvalue weighted by atomic mass is 9.98. The van der Waals surface area contributed by atoms with Crippen LogP contribution in [0.1, 0.15) is 28.8 Å². The lowest BCUT2D eigenvalue weighted by Crippen LogP contribution is -2.33. The summed E-state index contributed by atoms with van der Waals surface area (Å²) in [5.74, 6) is 1.25. The quantitative estimate of drug-likeness (QED) is 0.848. The van der Waals surface area contributed by atoms with Crippen molar-refractivity contribution >= 4 is 30.1 Å². The van der Waals surface area contributed by atoms with Crippen LogP contribution in [0.25, 0.3) is 0 Å². The van der Waals surface area contributed by atoms with Crippen LogP contribution in [-0.2, 0) is 0 Å². The van der Waals surface area contributed by atoms with Crippen LogP contribution in [0.15, 0.2) is 58.3 Å². The fraction of sp³-hybridized carbons (Fsp3) is 0.381. The van der Waals surface area contributed by atoms with E-state index >= 15 is 0 Å². The van der Waals surface area contributed by atoms with E-state index in [1.54, 1.807) is 11.8 Å². The summed E-state index contributed by atoms with van der Waals surface area (Å²) in [6, 6.07) is 16.6. The molecule has 2 aromatic carbocycles. The minimum atomic E-state index is 0. The highest BCUT2D eigenvalue weighted by Gasteiger charge is 2.42. The third-order valence-corrected chi connectivity index (χ3v) is 6.81. The first-order valence-corrected chi connectivity index (χ1v) is 9.82. The van der Waals surface area contributed by atoms with Crippen molar-refractivity contribution in [1.29, 1.82) is 0 Å². The molecular formula is C21H25ClN2OS. The predicted molar refractivity (Wildman–Crippen MR) is 109 cm³/mol. The second-order valence-corrected chi connectivity index (χ2v) is 8.38. The third kappa shape index (κ3) is 3.78. The summed E-state index contributed by atoms with van der Waals surface area (Å²) in [4.78, 5) is 17.2. The number of nitrogens with two attached hydrogens (primary N) is 1. The van der Waals surface area contributed by atoms with Crippen molar-refractivity contribution < 1.29 is 4.79 Å². The smallest absolute Gasteiger partial charge is 0.253 e. The second kappa shape index (κ2) is 8.03. The van der Waals surface area contributed by atoms with E-state index in [0.717, 1.165) is 30.0 Å². The number of nitrogens with zero attached hydrogens (tertiary/aromatic N) is 1. The highest BCUT2D eigenvalue weighted by atomic mass is 35.5. The summed E-state index contributed by atoms with van der Waals surface area (Å²) < 4.78 is 0. The zero-order chi connectivity index (χ0) is 17.4. The Morgan fingerprint density at radius 1 is 1.08 bits per heavy atom. The minimum absolute atomic E-state index is 0. The number of hydrogen-bond donors (Lipinski definition) is 1. The average Bonchev–Trinajstić information content (AvgIpc) is 3.19. The predicted octanol–water partition coefficient (Wildman–Crippen LogP) is 4.38. The van der Waals surface area contributed by atoms with Crippen LogP contribution >= 0.6 is 24.2 Å². The van der Waals surface area contributed by atoms with Gasteiger partial charge in [0.25, 0.3) is 5.91 Å². The Labute approximate surface area is 165 Å². The maximum atomic E-state index is 12.8. The number of amides is 1. The molecule has 0 radical (unpaired) electrons. The van der Waals surface area contributed by atoms with Gasteiger partial charge in [0.15, 0.2) is 0 Å². The number of benzene rings is 2. The molecule has 1 amide bonds. The van der Waals surface area contributed by atoms with Crippen molar-refractivity contribution in [2.45, 2.75) is 35.6 Å². The van der Waals surface area contributed by atoms with Crippen LogP contribution in [0.4, 0.5) is 0 Å². The van der Waals surface area contributed by atoms with Gasteiger partial charge in [-0.1, -0.05) is 30.0 Å². The Bertz CT molecular complexity index is 780. The molecule has 2 aliphatic rings. The van der Waals surface area contributed by atoms with Gasteiger partial charge < -0.3 is 10.6 Å². The Morgan fingerprint density at radius 3 is 2.50 bits per heavy atom. The van der Waals surface area contributed by atoms with Gasteiger partial charge in [0, 0.05) is 34.5 Å². The zero-order valence-corrected chi connectivity index (χ0v) is 16.6. The van der Waals surface area contributed by atoms with E-state index in [4.69, 9.17) is 5.73 Å². The number of aryl methyl sites for hydroxylation is 1. The SMILES string of the molecule is Cc1ccccc1Sc1ccc(C(=O)N2CC3CCC(N)C3C2)cc1.Cl. The number of halogens is 1. The van der Waals surface area contributed by atoms with Gasteiger partial charge >= 0.3 is 0 Å². The van der Waals surface area contributed by atoms with Gasteiger partial charge in [-0.3, -0.25) is 4.79 Å². The van der Waals surface area contributed by atoms with Crippen molar-refractivity contribution in [2.75, 3.05) is 13.1 Å². The van der Waals surface area contributed by atoms with Gasteiger partial charge in [-0.15, -0.1) is 12.4 Å². The molecule has 3 atom stereocenters. The van der Waals surface area contributed by atoms with Crippen molar-refractivity contribution in [2.24, 2.45) is 17.6 Å². The lowest BCUT2D eigenvalue weighted by molar-refractivity contribution is 0.0779. The average molecular weight is 389 g/mol. The summed E-state index contributed by atoms with van der Waals surface area (Å²) in [5.41, 5.74) is 8.24. The molecular weight excluding hydrogens is 364 g/mol. The fourth-order valence-corrected chi connectivity index (χ4v) is 5.02. The maximum absolute atomic E-state index is 12.8.